The molecule has 0 saturated heterocycles. The number of carbonyl (C=O) groups is 2. The first-order valence-corrected chi connectivity index (χ1v) is 14.0. The van der Waals surface area contributed by atoms with Crippen molar-refractivity contribution < 1.29 is 27.6 Å². The fourth-order valence-corrected chi connectivity index (χ4v) is 6.91. The van der Waals surface area contributed by atoms with Gasteiger partial charge in [-0.25, -0.2) is 13.2 Å². The van der Waals surface area contributed by atoms with Gasteiger partial charge in [0.15, 0.2) is 0 Å². The molecule has 186 valence electrons. The summed E-state index contributed by atoms with van der Waals surface area (Å²) in [6.07, 6.45) is 0.751. The number of sulfonamides is 1. The van der Waals surface area contributed by atoms with Crippen LogP contribution in [-0.2, 0) is 27.7 Å². The van der Waals surface area contributed by atoms with Crippen molar-refractivity contribution in [1.29, 1.82) is 0 Å². The van der Waals surface area contributed by atoms with Crippen molar-refractivity contribution in [2.75, 3.05) is 31.6 Å². The molecule has 0 fully saturated rings. The number of amides is 1. The molecule has 34 heavy (non-hydrogen) atoms. The molecule has 2 N–H and O–H groups in total. The minimum atomic E-state index is -3.60. The summed E-state index contributed by atoms with van der Waals surface area (Å²) in [5.74, 6) is -0.826. The third kappa shape index (κ3) is 5.35. The van der Waals surface area contributed by atoms with Gasteiger partial charge in [-0.1, -0.05) is 13.8 Å². The summed E-state index contributed by atoms with van der Waals surface area (Å²) in [5, 5.41) is 3.36. The maximum Gasteiger partial charge on any atom is 0.341 e. The van der Waals surface area contributed by atoms with Gasteiger partial charge in [0.05, 0.1) is 34.5 Å². The van der Waals surface area contributed by atoms with Gasteiger partial charge in [-0.05, 0) is 50.6 Å². The molecule has 1 aliphatic rings. The topological polar surface area (TPSA) is 97.2 Å². The van der Waals surface area contributed by atoms with Crippen LogP contribution >= 0.6 is 11.3 Å². The predicted molar refractivity (Wildman–Crippen MR) is 133 cm³/mol. The number of esters is 1. The van der Waals surface area contributed by atoms with Crippen LogP contribution in [0.15, 0.2) is 29.2 Å². The van der Waals surface area contributed by atoms with Crippen molar-refractivity contribution in [2.24, 2.45) is 0 Å². The number of rotatable bonds is 9. The van der Waals surface area contributed by atoms with Crippen molar-refractivity contribution >= 4 is 38.2 Å². The highest BCUT2D eigenvalue weighted by Gasteiger charge is 2.32. The molecule has 3 rings (SSSR count). The van der Waals surface area contributed by atoms with Gasteiger partial charge in [0.1, 0.15) is 11.5 Å². The Hall–Kier alpha value is -2.27. The lowest BCUT2D eigenvalue weighted by Gasteiger charge is -2.27. The quantitative estimate of drug-likeness (QED) is 0.508. The van der Waals surface area contributed by atoms with E-state index in [2.05, 4.69) is 19.2 Å². The normalized spacial score (nSPS) is 15.9. The molecule has 0 radical (unpaired) electrons. The smallest absolute Gasteiger partial charge is 0.341 e. The zero-order valence-corrected chi connectivity index (χ0v) is 22.1. The number of hydrogen-bond donors (Lipinski definition) is 2. The molecule has 0 spiro atoms. The molecule has 2 heterocycles. The van der Waals surface area contributed by atoms with Crippen LogP contribution in [-0.4, -0.2) is 56.9 Å². The largest absolute Gasteiger partial charge is 0.462 e. The summed E-state index contributed by atoms with van der Waals surface area (Å²) in [7, 11) is -3.60. The average Bonchev–Trinajstić information content (AvgIpc) is 3.16. The van der Waals surface area contributed by atoms with E-state index in [-0.39, 0.29) is 11.5 Å². The van der Waals surface area contributed by atoms with E-state index in [9.17, 15) is 18.0 Å². The number of nitrogens with one attached hydrogen (secondary N) is 2. The SMILES string of the molecule is CCOC(=O)c1c(NC(=O)c2ccc(S(=O)(=O)N(CC)CC)cc2)sc2c1CC[NH+](C(C)C)C2. The van der Waals surface area contributed by atoms with E-state index in [1.54, 1.807) is 20.8 Å². The summed E-state index contributed by atoms with van der Waals surface area (Å²) < 4.78 is 32.1. The second kappa shape index (κ2) is 11.0. The summed E-state index contributed by atoms with van der Waals surface area (Å²) in [5.41, 5.74) is 1.72. The van der Waals surface area contributed by atoms with Gasteiger partial charge in [0.25, 0.3) is 5.91 Å². The first-order chi connectivity index (χ1) is 16.1. The molecule has 0 aliphatic carbocycles. The van der Waals surface area contributed by atoms with E-state index < -0.39 is 21.9 Å². The Labute approximate surface area is 205 Å². The van der Waals surface area contributed by atoms with Gasteiger partial charge in [-0.3, -0.25) is 4.79 Å². The number of nitrogens with zero attached hydrogens (tertiary/aromatic N) is 1. The maximum atomic E-state index is 13.0. The minimum Gasteiger partial charge on any atom is -0.462 e. The molecule has 10 heteroatoms. The molecule has 0 saturated carbocycles. The number of anilines is 1. The van der Waals surface area contributed by atoms with Crippen LogP contribution in [0.2, 0.25) is 0 Å². The number of hydrogen-bond acceptors (Lipinski definition) is 6. The van der Waals surface area contributed by atoms with Crippen molar-refractivity contribution in [3.63, 3.8) is 0 Å². The van der Waals surface area contributed by atoms with E-state index in [0.717, 1.165) is 30.0 Å². The lowest BCUT2D eigenvalue weighted by molar-refractivity contribution is -0.936. The number of fused-ring (bicyclic) bond motifs is 1. The number of benzene rings is 1. The van der Waals surface area contributed by atoms with Gasteiger partial charge < -0.3 is 15.0 Å². The van der Waals surface area contributed by atoms with E-state index in [1.165, 1.54) is 44.8 Å². The monoisotopic (exact) mass is 508 g/mol. The van der Waals surface area contributed by atoms with Gasteiger partial charge in [0.2, 0.25) is 10.0 Å². The molecular weight excluding hydrogens is 474 g/mol. The molecular formula is C24H34N3O5S2+. The Bertz CT molecular complexity index is 1140. The van der Waals surface area contributed by atoms with Gasteiger partial charge >= 0.3 is 5.97 Å². The van der Waals surface area contributed by atoms with Crippen LogP contribution in [0.3, 0.4) is 0 Å². The molecule has 1 aromatic heterocycles. The molecule has 1 unspecified atom stereocenters. The average molecular weight is 509 g/mol. The third-order valence-electron chi connectivity index (χ3n) is 6.16. The Morgan fingerprint density at radius 3 is 2.35 bits per heavy atom. The number of ether oxygens (including phenoxy) is 1. The number of thiophene rings is 1. The highest BCUT2D eigenvalue weighted by molar-refractivity contribution is 7.89. The van der Waals surface area contributed by atoms with E-state index >= 15 is 0 Å². The number of carbonyl (C=O) groups excluding carboxylic acids is 2. The fourth-order valence-electron chi connectivity index (χ4n) is 4.17. The van der Waals surface area contributed by atoms with Crippen LogP contribution in [0.25, 0.3) is 0 Å². The van der Waals surface area contributed by atoms with Crippen LogP contribution in [0.1, 0.15) is 65.8 Å². The summed E-state index contributed by atoms with van der Waals surface area (Å²) in [6, 6.07) is 6.34. The van der Waals surface area contributed by atoms with Gasteiger partial charge in [0, 0.05) is 25.1 Å². The maximum absolute atomic E-state index is 13.0. The first-order valence-electron chi connectivity index (χ1n) is 11.7. The second-order valence-corrected chi connectivity index (χ2v) is 11.5. The Balaban J connectivity index is 1.88. The molecule has 1 atom stereocenters. The molecule has 0 bridgehead atoms. The minimum absolute atomic E-state index is 0.142. The Kier molecular flexibility index (Phi) is 8.51. The predicted octanol–water partition coefficient (Wildman–Crippen LogP) is 2.56. The zero-order chi connectivity index (χ0) is 25.0. The molecule has 2 aromatic rings. The third-order valence-corrected chi connectivity index (χ3v) is 9.37. The highest BCUT2D eigenvalue weighted by atomic mass is 32.2. The zero-order valence-electron chi connectivity index (χ0n) is 20.4. The standard InChI is InChI=1S/C24H33N3O5S2/c1-6-27(7-2)34(30,31)18-11-9-17(10-12-18)22(28)25-23-21(24(29)32-8-3)19-13-14-26(16(4)5)15-20(19)33-23/h9-12,16H,6-8,13-15H2,1-5H3,(H,25,28)/p+1. The Morgan fingerprint density at radius 2 is 1.79 bits per heavy atom. The van der Waals surface area contributed by atoms with Crippen LogP contribution in [0, 0.1) is 0 Å². The summed E-state index contributed by atoms with van der Waals surface area (Å²) in [6.45, 7) is 12.4. The number of quaternary nitrogens is 1. The highest BCUT2D eigenvalue weighted by Crippen LogP contribution is 2.35. The van der Waals surface area contributed by atoms with Crippen molar-refractivity contribution in [1.82, 2.24) is 4.31 Å². The van der Waals surface area contributed by atoms with Crippen LogP contribution in [0.5, 0.6) is 0 Å². The second-order valence-electron chi connectivity index (χ2n) is 8.49. The van der Waals surface area contributed by atoms with E-state index in [4.69, 9.17) is 4.74 Å². The summed E-state index contributed by atoms with van der Waals surface area (Å²) >= 11 is 1.42. The van der Waals surface area contributed by atoms with Gasteiger partial charge in [-0.2, -0.15) is 4.31 Å². The van der Waals surface area contributed by atoms with Crippen molar-refractivity contribution in [3.8, 4) is 0 Å². The lowest BCUT2D eigenvalue weighted by atomic mass is 10.0. The van der Waals surface area contributed by atoms with Crippen molar-refractivity contribution in [3.05, 3.63) is 45.8 Å². The lowest BCUT2D eigenvalue weighted by Crippen LogP contribution is -3.14. The van der Waals surface area contributed by atoms with E-state index in [1.807, 2.05) is 0 Å². The fraction of sp³-hybridized carbons (Fsp3) is 0.500. The molecule has 8 nitrogen and oxygen atoms in total. The van der Waals surface area contributed by atoms with Crippen LogP contribution in [0.4, 0.5) is 5.00 Å². The van der Waals surface area contributed by atoms with Crippen LogP contribution < -0.4 is 10.2 Å². The van der Waals surface area contributed by atoms with E-state index in [0.29, 0.717) is 35.3 Å². The van der Waals surface area contributed by atoms with Crippen molar-refractivity contribution in [2.45, 2.75) is 58.5 Å². The Morgan fingerprint density at radius 1 is 1.15 bits per heavy atom. The molecule has 1 aromatic carbocycles. The first kappa shape index (κ1) is 26.3. The molecule has 1 aliphatic heterocycles. The molecule has 1 amide bonds. The summed E-state index contributed by atoms with van der Waals surface area (Å²) in [4.78, 5) is 28.5. The van der Waals surface area contributed by atoms with Gasteiger partial charge in [-0.15, -0.1) is 11.3 Å².